The number of sulfonamides is 1. The molecule has 25 heavy (non-hydrogen) atoms. The second-order valence-corrected chi connectivity index (χ2v) is 9.95. The number of piperidine rings is 1. The summed E-state index contributed by atoms with van der Waals surface area (Å²) in [5, 5.41) is 3.34. The monoisotopic (exact) mass is 418 g/mol. The molecule has 9 heteroatoms. The first-order chi connectivity index (χ1) is 11.9. The van der Waals surface area contributed by atoms with Crippen molar-refractivity contribution >= 4 is 56.2 Å². The van der Waals surface area contributed by atoms with Gasteiger partial charge in [-0.05, 0) is 49.2 Å². The Morgan fingerprint density at radius 1 is 1.12 bits per heavy atom. The molecule has 0 spiro atoms. The Hall–Kier alpha value is -1.12. The number of thiophene rings is 1. The van der Waals surface area contributed by atoms with Crippen molar-refractivity contribution in [3.63, 3.8) is 0 Å². The maximum atomic E-state index is 12.9. The molecule has 0 unspecified atom stereocenters. The molecule has 3 rings (SSSR count). The fourth-order valence-electron chi connectivity index (χ4n) is 2.77. The third-order valence-corrected chi connectivity index (χ3v) is 7.84. The van der Waals surface area contributed by atoms with Crippen molar-refractivity contribution in [1.82, 2.24) is 4.31 Å². The van der Waals surface area contributed by atoms with Gasteiger partial charge in [-0.25, -0.2) is 8.42 Å². The topological polar surface area (TPSA) is 66.5 Å². The van der Waals surface area contributed by atoms with Crippen molar-refractivity contribution in [2.24, 2.45) is 0 Å². The quantitative estimate of drug-likeness (QED) is 0.806. The van der Waals surface area contributed by atoms with E-state index in [2.05, 4.69) is 5.32 Å². The summed E-state index contributed by atoms with van der Waals surface area (Å²) in [5.74, 6) is -0.340. The van der Waals surface area contributed by atoms with Gasteiger partial charge in [-0.2, -0.15) is 4.31 Å². The van der Waals surface area contributed by atoms with Crippen molar-refractivity contribution in [2.45, 2.75) is 29.5 Å². The molecule has 1 aliphatic heterocycles. The molecule has 2 aromatic rings. The number of anilines is 1. The zero-order valence-corrected chi connectivity index (χ0v) is 16.3. The van der Waals surface area contributed by atoms with E-state index in [1.165, 1.54) is 10.4 Å². The minimum absolute atomic E-state index is 0.156. The molecule has 0 aliphatic carbocycles. The molecular formula is C16H16Cl2N2O3S2. The Bertz CT molecular complexity index is 866. The van der Waals surface area contributed by atoms with E-state index in [9.17, 15) is 13.2 Å². The zero-order valence-electron chi connectivity index (χ0n) is 13.1. The molecule has 1 N–H and O–H groups in total. The molecule has 134 valence electrons. The highest BCUT2D eigenvalue weighted by molar-refractivity contribution is 7.91. The number of carbonyl (C=O) groups excluding carboxylic acids is 1. The largest absolute Gasteiger partial charge is 0.325 e. The van der Waals surface area contributed by atoms with Crippen LogP contribution in [-0.4, -0.2) is 31.2 Å². The average molecular weight is 419 g/mol. The van der Waals surface area contributed by atoms with Gasteiger partial charge < -0.3 is 5.32 Å². The zero-order chi connectivity index (χ0) is 18.0. The van der Waals surface area contributed by atoms with Crippen LogP contribution in [0.15, 0.2) is 40.6 Å². The summed E-state index contributed by atoms with van der Waals surface area (Å²) in [6.07, 6.45) is 2.01. The normalized spacial score (nSPS) is 18.9. The predicted molar refractivity (Wildman–Crippen MR) is 101 cm³/mol. The van der Waals surface area contributed by atoms with Crippen LogP contribution in [0.5, 0.6) is 0 Å². The smallest absolute Gasteiger partial charge is 0.253 e. The number of nitrogens with zero attached hydrogens (tertiary/aromatic N) is 1. The minimum Gasteiger partial charge on any atom is -0.325 e. The summed E-state index contributed by atoms with van der Waals surface area (Å²) >= 11 is 12.7. The van der Waals surface area contributed by atoms with E-state index >= 15 is 0 Å². The van der Waals surface area contributed by atoms with Crippen molar-refractivity contribution in [3.8, 4) is 0 Å². The third kappa shape index (κ3) is 4.17. The lowest BCUT2D eigenvalue weighted by molar-refractivity contribution is -0.120. The lowest BCUT2D eigenvalue weighted by Crippen LogP contribution is -2.49. The summed E-state index contributed by atoms with van der Waals surface area (Å²) < 4.78 is 27.6. The van der Waals surface area contributed by atoms with Crippen LogP contribution in [0.4, 0.5) is 5.69 Å². The Labute approximate surface area is 160 Å². The first-order valence-electron chi connectivity index (χ1n) is 7.71. The van der Waals surface area contributed by atoms with E-state index in [0.717, 1.165) is 24.2 Å². The van der Waals surface area contributed by atoms with Gasteiger partial charge in [0.2, 0.25) is 5.91 Å². The molecule has 1 saturated heterocycles. The van der Waals surface area contributed by atoms with Crippen molar-refractivity contribution in [3.05, 3.63) is 45.8 Å². The van der Waals surface area contributed by atoms with Crippen LogP contribution in [0, 0.1) is 0 Å². The van der Waals surface area contributed by atoms with E-state index < -0.39 is 16.1 Å². The van der Waals surface area contributed by atoms with Crippen molar-refractivity contribution in [2.75, 3.05) is 11.9 Å². The van der Waals surface area contributed by atoms with Crippen molar-refractivity contribution in [1.29, 1.82) is 0 Å². The molecule has 1 aliphatic rings. The standard InChI is InChI=1S/C16H16Cl2N2O3S2/c17-11-4-6-12(7-5-11)19-16(21)13-3-1-2-10-20(13)25(22,23)15-9-8-14(18)24-15/h4-9,13H,1-3,10H2,(H,19,21)/t13-/m1/s1. The number of rotatable bonds is 4. The molecule has 0 bridgehead atoms. The number of hydrogen-bond acceptors (Lipinski definition) is 4. The number of benzene rings is 1. The van der Waals surface area contributed by atoms with Crippen molar-refractivity contribution < 1.29 is 13.2 Å². The second-order valence-electron chi connectivity index (χ2n) is 5.68. The van der Waals surface area contributed by atoms with Gasteiger partial charge in [0.25, 0.3) is 10.0 Å². The van der Waals surface area contributed by atoms with Crippen LogP contribution in [0.25, 0.3) is 0 Å². The van der Waals surface area contributed by atoms with Gasteiger partial charge in [0.1, 0.15) is 10.3 Å². The lowest BCUT2D eigenvalue weighted by Gasteiger charge is -2.33. The highest BCUT2D eigenvalue weighted by atomic mass is 35.5. The second kappa shape index (κ2) is 7.63. The third-order valence-electron chi connectivity index (χ3n) is 3.98. The van der Waals surface area contributed by atoms with E-state index in [4.69, 9.17) is 23.2 Å². The van der Waals surface area contributed by atoms with Crippen LogP contribution in [-0.2, 0) is 14.8 Å². The number of hydrogen-bond donors (Lipinski definition) is 1. The predicted octanol–water partition coefficient (Wildman–Crippen LogP) is 4.24. The van der Waals surface area contributed by atoms with E-state index in [1.807, 2.05) is 0 Å². The highest BCUT2D eigenvalue weighted by Gasteiger charge is 2.38. The maximum Gasteiger partial charge on any atom is 0.253 e. The minimum atomic E-state index is -3.75. The Morgan fingerprint density at radius 3 is 2.48 bits per heavy atom. The molecule has 5 nitrogen and oxygen atoms in total. The van der Waals surface area contributed by atoms with Gasteiger partial charge in [-0.1, -0.05) is 29.6 Å². The van der Waals surface area contributed by atoms with Gasteiger partial charge in [0.05, 0.1) is 4.34 Å². The number of amides is 1. The molecule has 1 fully saturated rings. The molecule has 2 heterocycles. The molecule has 1 aromatic carbocycles. The van der Waals surface area contributed by atoms with E-state index in [1.54, 1.807) is 30.3 Å². The summed E-state index contributed by atoms with van der Waals surface area (Å²) in [5.41, 5.74) is 0.580. The van der Waals surface area contributed by atoms with Crippen LogP contribution in [0.3, 0.4) is 0 Å². The maximum absolute atomic E-state index is 12.9. The number of carbonyl (C=O) groups is 1. The van der Waals surface area contributed by atoms with Gasteiger partial charge in [0.15, 0.2) is 0 Å². The van der Waals surface area contributed by atoms with Crippen LogP contribution >= 0.6 is 34.5 Å². The summed E-state index contributed by atoms with van der Waals surface area (Å²) in [6, 6.07) is 8.98. The fraction of sp³-hybridized carbons (Fsp3) is 0.312. The number of nitrogens with one attached hydrogen (secondary N) is 1. The molecule has 1 atom stereocenters. The average Bonchev–Trinajstić information content (AvgIpc) is 3.04. The summed E-state index contributed by atoms with van der Waals surface area (Å²) in [4.78, 5) is 12.7. The SMILES string of the molecule is O=C(Nc1ccc(Cl)cc1)[C@H]1CCCCN1S(=O)(=O)c1ccc(Cl)s1. The Morgan fingerprint density at radius 2 is 1.84 bits per heavy atom. The van der Waals surface area contributed by atoms with Crippen LogP contribution in [0.1, 0.15) is 19.3 Å². The summed E-state index contributed by atoms with van der Waals surface area (Å²) in [7, 11) is -3.75. The van der Waals surface area contributed by atoms with Crippen LogP contribution < -0.4 is 5.32 Å². The Balaban J connectivity index is 1.83. The lowest BCUT2D eigenvalue weighted by atomic mass is 10.0. The highest BCUT2D eigenvalue weighted by Crippen LogP contribution is 2.32. The number of halogens is 2. The van der Waals surface area contributed by atoms with Gasteiger partial charge >= 0.3 is 0 Å². The van der Waals surface area contributed by atoms with Crippen LogP contribution in [0.2, 0.25) is 9.36 Å². The molecular weight excluding hydrogens is 403 g/mol. The van der Waals surface area contributed by atoms with Gasteiger partial charge in [-0.15, -0.1) is 11.3 Å². The summed E-state index contributed by atoms with van der Waals surface area (Å²) in [6.45, 7) is 0.316. The first kappa shape index (κ1) is 18.7. The Kier molecular flexibility index (Phi) is 5.70. The molecule has 1 amide bonds. The van der Waals surface area contributed by atoms with Gasteiger partial charge in [-0.3, -0.25) is 4.79 Å². The van der Waals surface area contributed by atoms with E-state index in [-0.39, 0.29) is 10.1 Å². The van der Waals surface area contributed by atoms with E-state index in [0.29, 0.717) is 28.0 Å². The molecule has 0 saturated carbocycles. The molecule has 0 radical (unpaired) electrons. The molecule has 1 aromatic heterocycles. The fourth-order valence-corrected chi connectivity index (χ4v) is 6.16. The first-order valence-corrected chi connectivity index (χ1v) is 10.7. The van der Waals surface area contributed by atoms with Gasteiger partial charge in [0, 0.05) is 17.3 Å².